The van der Waals surface area contributed by atoms with Gasteiger partial charge in [-0.1, -0.05) is 11.6 Å². The molecule has 1 aromatic rings. The largest absolute Gasteiger partial charge is 0.331 e. The summed E-state index contributed by atoms with van der Waals surface area (Å²) in [5.41, 5.74) is 0.376. The van der Waals surface area contributed by atoms with Crippen LogP contribution < -0.4 is 5.32 Å². The molecular weight excluding hydrogens is 267 g/mol. The predicted molar refractivity (Wildman–Crippen MR) is 74.1 cm³/mol. The van der Waals surface area contributed by atoms with E-state index in [0.717, 1.165) is 6.54 Å². The molecular formula is C14H18ClFN2O. The minimum absolute atomic E-state index is 0.213. The molecule has 1 fully saturated rings. The molecule has 0 unspecified atom stereocenters. The lowest BCUT2D eigenvalue weighted by molar-refractivity contribution is 0.0477. The van der Waals surface area contributed by atoms with Crippen LogP contribution in [0.4, 0.5) is 4.39 Å². The number of hydrogen-bond acceptors (Lipinski definition) is 2. The normalized spacial score (nSPS) is 18.5. The van der Waals surface area contributed by atoms with Gasteiger partial charge in [-0.3, -0.25) is 4.79 Å². The van der Waals surface area contributed by atoms with Gasteiger partial charge < -0.3 is 10.2 Å². The topological polar surface area (TPSA) is 32.3 Å². The number of piperazine rings is 1. The highest BCUT2D eigenvalue weighted by molar-refractivity contribution is 6.33. The second kappa shape index (κ2) is 5.10. The van der Waals surface area contributed by atoms with Crippen LogP contribution in [0.3, 0.4) is 0 Å². The molecule has 5 heteroatoms. The van der Waals surface area contributed by atoms with E-state index in [1.54, 1.807) is 11.8 Å². The number of carbonyl (C=O) groups is 1. The van der Waals surface area contributed by atoms with Crippen LogP contribution >= 0.6 is 11.6 Å². The van der Waals surface area contributed by atoms with Crippen molar-refractivity contribution in [2.45, 2.75) is 26.3 Å². The summed E-state index contributed by atoms with van der Waals surface area (Å²) < 4.78 is 13.6. The molecule has 1 N–H and O–H groups in total. The first kappa shape index (κ1) is 14.3. The Balaban J connectivity index is 2.36. The molecule has 0 aliphatic carbocycles. The van der Waals surface area contributed by atoms with E-state index in [0.29, 0.717) is 23.7 Å². The molecule has 1 aliphatic heterocycles. The highest BCUT2D eigenvalue weighted by Crippen LogP contribution is 2.25. The van der Waals surface area contributed by atoms with Crippen LogP contribution in [0.5, 0.6) is 0 Å². The first-order chi connectivity index (χ1) is 8.83. The van der Waals surface area contributed by atoms with Gasteiger partial charge in [0.2, 0.25) is 0 Å². The molecule has 1 aliphatic rings. The zero-order valence-corrected chi connectivity index (χ0v) is 12.1. The van der Waals surface area contributed by atoms with Gasteiger partial charge in [-0.15, -0.1) is 0 Å². The van der Waals surface area contributed by atoms with E-state index >= 15 is 0 Å². The molecule has 0 radical (unpaired) electrons. The summed E-state index contributed by atoms with van der Waals surface area (Å²) >= 11 is 6.08. The number of nitrogens with zero attached hydrogens (tertiary/aromatic N) is 1. The lowest BCUT2D eigenvalue weighted by atomic mass is 9.98. The van der Waals surface area contributed by atoms with Crippen molar-refractivity contribution < 1.29 is 9.18 Å². The fourth-order valence-electron chi connectivity index (χ4n) is 2.32. The van der Waals surface area contributed by atoms with Crippen LogP contribution in [0.1, 0.15) is 29.8 Å². The van der Waals surface area contributed by atoms with E-state index in [9.17, 15) is 9.18 Å². The molecule has 1 heterocycles. The molecule has 0 bridgehead atoms. The maximum absolute atomic E-state index is 13.6. The van der Waals surface area contributed by atoms with Gasteiger partial charge in [0, 0.05) is 19.6 Å². The second-order valence-corrected chi connectivity index (χ2v) is 5.93. The molecule has 1 saturated heterocycles. The van der Waals surface area contributed by atoms with Crippen molar-refractivity contribution in [1.82, 2.24) is 10.2 Å². The first-order valence-corrected chi connectivity index (χ1v) is 6.69. The summed E-state index contributed by atoms with van der Waals surface area (Å²) in [5.74, 6) is -0.615. The van der Waals surface area contributed by atoms with E-state index in [4.69, 9.17) is 11.6 Å². The maximum atomic E-state index is 13.6. The average Bonchev–Trinajstić information content (AvgIpc) is 2.32. The smallest absolute Gasteiger partial charge is 0.256 e. The van der Waals surface area contributed by atoms with E-state index in [1.807, 2.05) is 13.8 Å². The molecule has 104 valence electrons. The fourth-order valence-corrected chi connectivity index (χ4v) is 2.61. The van der Waals surface area contributed by atoms with Crippen LogP contribution in [-0.4, -0.2) is 36.0 Å². The number of benzene rings is 1. The third-order valence-corrected chi connectivity index (χ3v) is 3.84. The van der Waals surface area contributed by atoms with Crippen molar-refractivity contribution in [3.63, 3.8) is 0 Å². The highest BCUT2D eigenvalue weighted by atomic mass is 35.5. The zero-order valence-electron chi connectivity index (χ0n) is 11.4. The predicted octanol–water partition coefficient (Wildman–Crippen LogP) is 2.61. The third-order valence-electron chi connectivity index (χ3n) is 3.52. The van der Waals surface area contributed by atoms with Crippen molar-refractivity contribution in [2.24, 2.45) is 0 Å². The molecule has 1 aromatic carbocycles. The molecule has 0 atom stereocenters. The standard InChI is InChI=1S/C14H18ClFN2O/c1-9-6-11(15)10(7-12(9)16)13(19)18-5-4-17-8-14(18,2)3/h6-7,17H,4-5,8H2,1-3H3. The van der Waals surface area contributed by atoms with Crippen LogP contribution in [-0.2, 0) is 0 Å². The van der Waals surface area contributed by atoms with E-state index in [1.165, 1.54) is 12.1 Å². The highest BCUT2D eigenvalue weighted by Gasteiger charge is 2.34. The average molecular weight is 285 g/mol. The molecule has 0 spiro atoms. The Morgan fingerprint density at radius 3 is 2.79 bits per heavy atom. The Morgan fingerprint density at radius 1 is 1.47 bits per heavy atom. The minimum atomic E-state index is -0.402. The SMILES string of the molecule is Cc1cc(Cl)c(C(=O)N2CCNCC2(C)C)cc1F. The summed E-state index contributed by atoms with van der Waals surface area (Å²) in [5, 5.41) is 3.55. The van der Waals surface area contributed by atoms with Gasteiger partial charge in [0.15, 0.2) is 0 Å². The van der Waals surface area contributed by atoms with Gasteiger partial charge in [0.05, 0.1) is 16.1 Å². The molecule has 19 heavy (non-hydrogen) atoms. The van der Waals surface area contributed by atoms with Gasteiger partial charge in [-0.25, -0.2) is 4.39 Å². The van der Waals surface area contributed by atoms with Gasteiger partial charge in [-0.2, -0.15) is 0 Å². The van der Waals surface area contributed by atoms with Crippen molar-refractivity contribution in [2.75, 3.05) is 19.6 Å². The number of carbonyl (C=O) groups excluding carboxylic acids is 1. The maximum Gasteiger partial charge on any atom is 0.256 e. The molecule has 0 aromatic heterocycles. The van der Waals surface area contributed by atoms with Crippen molar-refractivity contribution in [3.8, 4) is 0 Å². The third kappa shape index (κ3) is 2.74. The van der Waals surface area contributed by atoms with Crippen molar-refractivity contribution in [3.05, 3.63) is 34.1 Å². The number of amides is 1. The second-order valence-electron chi connectivity index (χ2n) is 5.53. The van der Waals surface area contributed by atoms with Crippen LogP contribution in [0.25, 0.3) is 0 Å². The zero-order chi connectivity index (χ0) is 14.2. The van der Waals surface area contributed by atoms with Crippen molar-refractivity contribution in [1.29, 1.82) is 0 Å². The number of aryl methyl sites for hydroxylation is 1. The Kier molecular flexibility index (Phi) is 3.83. The lowest BCUT2D eigenvalue weighted by Gasteiger charge is -2.43. The summed E-state index contributed by atoms with van der Waals surface area (Å²) in [4.78, 5) is 14.3. The van der Waals surface area contributed by atoms with Crippen molar-refractivity contribution >= 4 is 17.5 Å². The van der Waals surface area contributed by atoms with Gasteiger partial charge in [0.25, 0.3) is 5.91 Å². The Hall–Kier alpha value is -1.13. The quantitative estimate of drug-likeness (QED) is 0.860. The van der Waals surface area contributed by atoms with Crippen LogP contribution in [0.2, 0.25) is 5.02 Å². The summed E-state index contributed by atoms with van der Waals surface area (Å²) in [6.45, 7) is 7.64. The number of nitrogens with one attached hydrogen (secondary N) is 1. The number of hydrogen-bond donors (Lipinski definition) is 1. The molecule has 0 saturated carbocycles. The van der Waals surface area contributed by atoms with Gasteiger partial charge >= 0.3 is 0 Å². The molecule has 2 rings (SSSR count). The van der Waals surface area contributed by atoms with E-state index in [-0.39, 0.29) is 17.0 Å². The van der Waals surface area contributed by atoms with Gasteiger partial charge in [0.1, 0.15) is 5.82 Å². The Bertz CT molecular complexity index is 516. The lowest BCUT2D eigenvalue weighted by Crippen LogP contribution is -2.59. The fraction of sp³-hybridized carbons (Fsp3) is 0.500. The Morgan fingerprint density at radius 2 is 2.16 bits per heavy atom. The minimum Gasteiger partial charge on any atom is -0.331 e. The van der Waals surface area contributed by atoms with Crippen LogP contribution in [0.15, 0.2) is 12.1 Å². The van der Waals surface area contributed by atoms with Crippen LogP contribution in [0, 0.1) is 12.7 Å². The Labute approximate surface area is 117 Å². The monoisotopic (exact) mass is 284 g/mol. The van der Waals surface area contributed by atoms with E-state index in [2.05, 4.69) is 5.32 Å². The first-order valence-electron chi connectivity index (χ1n) is 6.31. The summed E-state index contributed by atoms with van der Waals surface area (Å²) in [6, 6.07) is 2.73. The molecule has 3 nitrogen and oxygen atoms in total. The summed E-state index contributed by atoms with van der Waals surface area (Å²) in [6.07, 6.45) is 0. The number of rotatable bonds is 1. The van der Waals surface area contributed by atoms with E-state index < -0.39 is 5.82 Å². The molecule has 1 amide bonds. The summed E-state index contributed by atoms with van der Waals surface area (Å²) in [7, 11) is 0. The number of halogens is 2. The van der Waals surface area contributed by atoms with Gasteiger partial charge in [-0.05, 0) is 38.5 Å².